The number of hydrogen-bond donors (Lipinski definition) is 0. The van der Waals surface area contributed by atoms with Crippen molar-refractivity contribution in [1.29, 1.82) is 5.26 Å². The van der Waals surface area contributed by atoms with E-state index in [0.717, 1.165) is 27.9 Å². The summed E-state index contributed by atoms with van der Waals surface area (Å²) in [5.74, 6) is -0.237. The monoisotopic (exact) mass is 428 g/mol. The summed E-state index contributed by atoms with van der Waals surface area (Å²) >= 11 is 6.20. The van der Waals surface area contributed by atoms with Crippen molar-refractivity contribution in [2.45, 2.75) is 37.0 Å². The minimum absolute atomic E-state index is 0.0376. The van der Waals surface area contributed by atoms with Crippen LogP contribution in [-0.4, -0.2) is 12.4 Å². The summed E-state index contributed by atoms with van der Waals surface area (Å²) in [4.78, 5) is -0.113. The molecule has 7 heteroatoms. The van der Waals surface area contributed by atoms with Crippen LogP contribution in [0.15, 0.2) is 53.6 Å². The SMILES string of the molecule is CCC1CCc2c1cn(S(=O)(=O)c1ccc(C#N)cc1Cl)c2-c1ccccc1F. The number of aromatic nitrogens is 1. The van der Waals surface area contributed by atoms with Crippen molar-refractivity contribution in [3.8, 4) is 17.3 Å². The third-order valence-electron chi connectivity index (χ3n) is 5.51. The normalized spacial score (nSPS) is 15.9. The van der Waals surface area contributed by atoms with Crippen molar-refractivity contribution < 1.29 is 12.8 Å². The predicted octanol–water partition coefficient (Wildman–Crippen LogP) is 5.50. The summed E-state index contributed by atoms with van der Waals surface area (Å²) in [7, 11) is -4.09. The first-order chi connectivity index (χ1) is 13.9. The minimum Gasteiger partial charge on any atom is -0.240 e. The molecule has 0 aliphatic heterocycles. The molecular weight excluding hydrogens is 411 g/mol. The van der Waals surface area contributed by atoms with E-state index in [4.69, 9.17) is 16.9 Å². The van der Waals surface area contributed by atoms with Gasteiger partial charge in [0.1, 0.15) is 10.7 Å². The Bertz CT molecular complexity index is 1260. The molecule has 1 aliphatic rings. The van der Waals surface area contributed by atoms with Gasteiger partial charge in [-0.3, -0.25) is 0 Å². The Labute approximate surface area is 174 Å². The highest BCUT2D eigenvalue weighted by Gasteiger charge is 2.33. The van der Waals surface area contributed by atoms with Gasteiger partial charge in [-0.25, -0.2) is 16.8 Å². The number of hydrogen-bond acceptors (Lipinski definition) is 3. The standard InChI is InChI=1S/C22H18ClFN2O2S/c1-2-15-8-9-16-18(15)13-26(22(16)17-5-3-4-6-20(17)24)29(27,28)21-10-7-14(12-25)11-19(21)23/h3-7,10-11,13,15H,2,8-9H2,1H3. The summed E-state index contributed by atoms with van der Waals surface area (Å²) in [6.07, 6.45) is 4.11. The third-order valence-corrected chi connectivity index (χ3v) is 7.66. The Hall–Kier alpha value is -2.62. The molecule has 2 aromatic carbocycles. The highest BCUT2D eigenvalue weighted by Crippen LogP contribution is 2.44. The lowest BCUT2D eigenvalue weighted by Crippen LogP contribution is -2.15. The number of fused-ring (bicyclic) bond motifs is 1. The largest absolute Gasteiger partial charge is 0.269 e. The molecule has 29 heavy (non-hydrogen) atoms. The summed E-state index contributed by atoms with van der Waals surface area (Å²) < 4.78 is 42.9. The van der Waals surface area contributed by atoms with E-state index in [9.17, 15) is 12.8 Å². The van der Waals surface area contributed by atoms with Gasteiger partial charge in [0, 0.05) is 11.8 Å². The summed E-state index contributed by atoms with van der Waals surface area (Å²) in [6, 6.07) is 12.2. The Kier molecular flexibility index (Phi) is 4.97. The second kappa shape index (κ2) is 7.33. The topological polar surface area (TPSA) is 62.9 Å². The van der Waals surface area contributed by atoms with Gasteiger partial charge in [0.25, 0.3) is 10.0 Å². The van der Waals surface area contributed by atoms with Crippen molar-refractivity contribution in [3.63, 3.8) is 0 Å². The number of rotatable bonds is 4. The van der Waals surface area contributed by atoms with E-state index in [1.165, 1.54) is 24.3 Å². The molecule has 4 nitrogen and oxygen atoms in total. The molecule has 0 spiro atoms. The number of halogens is 2. The van der Waals surface area contributed by atoms with E-state index in [1.807, 2.05) is 6.07 Å². The van der Waals surface area contributed by atoms with Crippen LogP contribution in [-0.2, 0) is 16.4 Å². The molecule has 148 valence electrons. The molecule has 0 radical (unpaired) electrons. The van der Waals surface area contributed by atoms with Crippen molar-refractivity contribution in [1.82, 2.24) is 3.97 Å². The first kappa shape index (κ1) is 19.7. The van der Waals surface area contributed by atoms with Gasteiger partial charge in [0.05, 0.1) is 22.3 Å². The zero-order valence-corrected chi connectivity index (χ0v) is 17.3. The maximum atomic E-state index is 14.7. The van der Waals surface area contributed by atoms with Crippen LogP contribution in [0, 0.1) is 17.1 Å². The molecule has 0 saturated heterocycles. The van der Waals surface area contributed by atoms with Gasteiger partial charge in [-0.05, 0) is 66.6 Å². The smallest absolute Gasteiger partial charge is 0.240 e. The van der Waals surface area contributed by atoms with E-state index in [0.29, 0.717) is 12.1 Å². The summed E-state index contributed by atoms with van der Waals surface area (Å²) in [5, 5.41) is 8.99. The quantitative estimate of drug-likeness (QED) is 0.551. The molecule has 4 rings (SSSR count). The zero-order valence-electron chi connectivity index (χ0n) is 15.7. The van der Waals surface area contributed by atoms with Crippen LogP contribution in [0.2, 0.25) is 5.02 Å². The van der Waals surface area contributed by atoms with Crippen molar-refractivity contribution in [2.75, 3.05) is 0 Å². The maximum absolute atomic E-state index is 14.7. The van der Waals surface area contributed by atoms with Crippen molar-refractivity contribution in [3.05, 3.63) is 76.2 Å². The second-order valence-electron chi connectivity index (χ2n) is 7.09. The molecule has 0 amide bonds. The van der Waals surface area contributed by atoms with E-state index < -0.39 is 15.8 Å². The molecule has 0 bridgehead atoms. The average Bonchev–Trinajstić information content (AvgIpc) is 3.27. The number of nitrogens with zero attached hydrogens (tertiary/aromatic N) is 2. The lowest BCUT2D eigenvalue weighted by atomic mass is 10.0. The molecule has 1 unspecified atom stereocenters. The van der Waals surface area contributed by atoms with Crippen LogP contribution in [0.5, 0.6) is 0 Å². The van der Waals surface area contributed by atoms with Gasteiger partial charge in [0.2, 0.25) is 0 Å². The Morgan fingerprint density at radius 3 is 2.69 bits per heavy atom. The summed E-state index contributed by atoms with van der Waals surface area (Å²) in [6.45, 7) is 2.06. The Morgan fingerprint density at radius 2 is 2.03 bits per heavy atom. The van der Waals surface area contributed by atoms with Gasteiger partial charge >= 0.3 is 0 Å². The number of benzene rings is 2. The third kappa shape index (κ3) is 3.15. The lowest BCUT2D eigenvalue weighted by molar-refractivity contribution is 0.586. The fourth-order valence-electron chi connectivity index (χ4n) is 4.06. The molecule has 1 aliphatic carbocycles. The van der Waals surface area contributed by atoms with Gasteiger partial charge in [-0.2, -0.15) is 5.26 Å². The molecule has 1 aromatic heterocycles. The first-order valence-corrected chi connectivity index (χ1v) is 11.1. The van der Waals surface area contributed by atoms with E-state index in [-0.39, 0.29) is 27.0 Å². The van der Waals surface area contributed by atoms with Gasteiger partial charge in [-0.1, -0.05) is 30.7 Å². The fourth-order valence-corrected chi connectivity index (χ4v) is 5.99. The molecule has 1 atom stereocenters. The van der Waals surface area contributed by atoms with Crippen molar-refractivity contribution in [2.24, 2.45) is 0 Å². The highest BCUT2D eigenvalue weighted by molar-refractivity contribution is 7.90. The van der Waals surface area contributed by atoms with Crippen LogP contribution in [0.4, 0.5) is 4.39 Å². The van der Waals surface area contributed by atoms with E-state index in [1.54, 1.807) is 24.4 Å². The predicted molar refractivity (Wildman–Crippen MR) is 110 cm³/mol. The minimum atomic E-state index is -4.09. The molecule has 0 saturated carbocycles. The fraction of sp³-hybridized carbons (Fsp3) is 0.227. The highest BCUT2D eigenvalue weighted by atomic mass is 35.5. The molecule has 0 N–H and O–H groups in total. The zero-order chi connectivity index (χ0) is 20.8. The average molecular weight is 429 g/mol. The molecule has 3 aromatic rings. The van der Waals surface area contributed by atoms with Crippen LogP contribution >= 0.6 is 11.6 Å². The second-order valence-corrected chi connectivity index (χ2v) is 9.28. The Balaban J connectivity index is 2.00. The first-order valence-electron chi connectivity index (χ1n) is 9.32. The van der Waals surface area contributed by atoms with Crippen LogP contribution < -0.4 is 0 Å². The van der Waals surface area contributed by atoms with Crippen molar-refractivity contribution >= 4 is 21.6 Å². The van der Waals surface area contributed by atoms with Crippen LogP contribution in [0.3, 0.4) is 0 Å². The molecular formula is C22H18ClFN2O2S. The molecule has 1 heterocycles. The van der Waals surface area contributed by atoms with Crippen LogP contribution in [0.1, 0.15) is 42.4 Å². The van der Waals surface area contributed by atoms with Gasteiger partial charge < -0.3 is 0 Å². The maximum Gasteiger partial charge on any atom is 0.269 e. The molecule has 0 fully saturated rings. The number of nitriles is 1. The van der Waals surface area contributed by atoms with Gasteiger partial charge in [-0.15, -0.1) is 0 Å². The van der Waals surface area contributed by atoms with Crippen LogP contribution in [0.25, 0.3) is 11.3 Å². The Morgan fingerprint density at radius 1 is 1.28 bits per heavy atom. The van der Waals surface area contributed by atoms with Gasteiger partial charge in [0.15, 0.2) is 0 Å². The lowest BCUT2D eigenvalue weighted by Gasteiger charge is -2.14. The van der Waals surface area contributed by atoms with E-state index in [2.05, 4.69) is 6.92 Å². The van der Waals surface area contributed by atoms with E-state index >= 15 is 0 Å². The summed E-state index contributed by atoms with van der Waals surface area (Å²) in [5.41, 5.74) is 2.69.